The number of nitrogens with zero attached hydrogens (tertiary/aromatic N) is 1. The Kier molecular flexibility index (Phi) is 5.57. The largest absolute Gasteiger partial charge is 0.352 e. The Balaban J connectivity index is 1.50. The average Bonchev–Trinajstić information content (AvgIpc) is 3.28. The van der Waals surface area contributed by atoms with Gasteiger partial charge in [-0.05, 0) is 49.3 Å². The van der Waals surface area contributed by atoms with E-state index in [2.05, 4.69) is 10.2 Å². The second-order valence-corrected chi connectivity index (χ2v) is 7.31. The molecule has 2 aliphatic rings. The summed E-state index contributed by atoms with van der Waals surface area (Å²) >= 11 is 5.97. The molecule has 0 aromatic heterocycles. The van der Waals surface area contributed by atoms with Crippen LogP contribution in [-0.4, -0.2) is 36.0 Å². The molecule has 1 aromatic rings. The molecule has 126 valence electrons. The minimum Gasteiger partial charge on any atom is -0.352 e. The van der Waals surface area contributed by atoms with Crippen molar-refractivity contribution in [3.8, 4) is 0 Å². The highest BCUT2D eigenvalue weighted by Gasteiger charge is 2.37. The number of benzene rings is 1. The second-order valence-electron chi connectivity index (χ2n) is 6.87. The van der Waals surface area contributed by atoms with Crippen molar-refractivity contribution in [1.29, 1.82) is 0 Å². The molecule has 5 heteroatoms. The van der Waals surface area contributed by atoms with Crippen LogP contribution >= 0.6 is 11.6 Å². The molecule has 1 aliphatic heterocycles. The standard InChI is InChI=1S/C18H26ClN3O/c19-15-3-1-2-14(8-15)11-21-18(23)9-16-6-7-17(10-20)22(16)12-13-4-5-13/h1-3,8,13,16-17H,4-7,9-12,20H2,(H,21,23)/t16-,17+/m0/s1. The van der Waals surface area contributed by atoms with E-state index in [9.17, 15) is 4.79 Å². The van der Waals surface area contributed by atoms with E-state index in [-0.39, 0.29) is 5.91 Å². The predicted molar refractivity (Wildman–Crippen MR) is 93.2 cm³/mol. The van der Waals surface area contributed by atoms with E-state index >= 15 is 0 Å². The van der Waals surface area contributed by atoms with Crippen LogP contribution < -0.4 is 11.1 Å². The van der Waals surface area contributed by atoms with Crippen LogP contribution in [-0.2, 0) is 11.3 Å². The van der Waals surface area contributed by atoms with Gasteiger partial charge < -0.3 is 11.1 Å². The molecule has 1 saturated heterocycles. The van der Waals surface area contributed by atoms with Crippen LogP contribution in [0.3, 0.4) is 0 Å². The summed E-state index contributed by atoms with van der Waals surface area (Å²) in [5.41, 5.74) is 6.94. The lowest BCUT2D eigenvalue weighted by atomic mass is 10.1. The summed E-state index contributed by atoms with van der Waals surface area (Å²) in [4.78, 5) is 14.8. The van der Waals surface area contributed by atoms with E-state index in [1.165, 1.54) is 12.8 Å². The van der Waals surface area contributed by atoms with Crippen LogP contribution in [0.2, 0.25) is 5.02 Å². The van der Waals surface area contributed by atoms with Gasteiger partial charge in [0, 0.05) is 43.2 Å². The van der Waals surface area contributed by atoms with Gasteiger partial charge in [0.25, 0.3) is 0 Å². The molecule has 4 nitrogen and oxygen atoms in total. The summed E-state index contributed by atoms with van der Waals surface area (Å²) in [6, 6.07) is 8.43. The highest BCUT2D eigenvalue weighted by atomic mass is 35.5. The van der Waals surface area contributed by atoms with Crippen LogP contribution in [0.1, 0.15) is 37.7 Å². The normalized spacial score (nSPS) is 24.8. The van der Waals surface area contributed by atoms with Gasteiger partial charge in [0.15, 0.2) is 0 Å². The molecule has 2 fully saturated rings. The monoisotopic (exact) mass is 335 g/mol. The molecule has 23 heavy (non-hydrogen) atoms. The minimum absolute atomic E-state index is 0.119. The number of rotatable bonds is 7. The first-order valence-electron chi connectivity index (χ1n) is 8.62. The van der Waals surface area contributed by atoms with Gasteiger partial charge in [0.05, 0.1) is 0 Å². The van der Waals surface area contributed by atoms with Crippen molar-refractivity contribution >= 4 is 17.5 Å². The molecule has 1 heterocycles. The zero-order valence-corrected chi connectivity index (χ0v) is 14.3. The lowest BCUT2D eigenvalue weighted by Gasteiger charge is -2.29. The number of carbonyl (C=O) groups is 1. The first-order valence-corrected chi connectivity index (χ1v) is 9.00. The number of amides is 1. The summed E-state index contributed by atoms with van der Waals surface area (Å²) in [5.74, 6) is 0.951. The van der Waals surface area contributed by atoms with Crippen molar-refractivity contribution in [3.63, 3.8) is 0 Å². The fourth-order valence-electron chi connectivity index (χ4n) is 3.52. The Morgan fingerprint density at radius 2 is 2.04 bits per heavy atom. The van der Waals surface area contributed by atoms with E-state index in [4.69, 9.17) is 17.3 Å². The van der Waals surface area contributed by atoms with E-state index in [0.29, 0.717) is 36.6 Å². The summed E-state index contributed by atoms with van der Waals surface area (Å²) < 4.78 is 0. The molecule has 0 bridgehead atoms. The number of carbonyl (C=O) groups excluding carboxylic acids is 1. The lowest BCUT2D eigenvalue weighted by molar-refractivity contribution is -0.122. The average molecular weight is 336 g/mol. The van der Waals surface area contributed by atoms with Gasteiger partial charge in [0.1, 0.15) is 0 Å². The lowest BCUT2D eigenvalue weighted by Crippen LogP contribution is -2.43. The van der Waals surface area contributed by atoms with Gasteiger partial charge in [-0.1, -0.05) is 23.7 Å². The highest BCUT2D eigenvalue weighted by Crippen LogP contribution is 2.35. The molecular weight excluding hydrogens is 310 g/mol. The topological polar surface area (TPSA) is 58.4 Å². The molecular formula is C18H26ClN3O. The van der Waals surface area contributed by atoms with Crippen molar-refractivity contribution in [2.24, 2.45) is 11.7 Å². The van der Waals surface area contributed by atoms with Crippen LogP contribution in [0.4, 0.5) is 0 Å². The van der Waals surface area contributed by atoms with Crippen LogP contribution in [0.15, 0.2) is 24.3 Å². The van der Waals surface area contributed by atoms with Crippen molar-refractivity contribution in [2.75, 3.05) is 13.1 Å². The molecule has 0 spiro atoms. The van der Waals surface area contributed by atoms with Crippen molar-refractivity contribution in [1.82, 2.24) is 10.2 Å². The fraction of sp³-hybridized carbons (Fsp3) is 0.611. The summed E-state index contributed by atoms with van der Waals surface area (Å²) in [5, 5.41) is 3.72. The molecule has 1 aromatic carbocycles. The maximum atomic E-state index is 12.3. The maximum Gasteiger partial charge on any atom is 0.221 e. The number of nitrogens with one attached hydrogen (secondary N) is 1. The molecule has 1 aliphatic carbocycles. The van der Waals surface area contributed by atoms with Gasteiger partial charge in [-0.2, -0.15) is 0 Å². The Morgan fingerprint density at radius 3 is 2.74 bits per heavy atom. The van der Waals surface area contributed by atoms with Crippen LogP contribution in [0, 0.1) is 5.92 Å². The van der Waals surface area contributed by atoms with Crippen LogP contribution in [0.25, 0.3) is 0 Å². The van der Waals surface area contributed by atoms with Gasteiger partial charge in [-0.3, -0.25) is 9.69 Å². The van der Waals surface area contributed by atoms with Crippen molar-refractivity contribution in [3.05, 3.63) is 34.9 Å². The van der Waals surface area contributed by atoms with E-state index < -0.39 is 0 Å². The van der Waals surface area contributed by atoms with Gasteiger partial charge in [-0.25, -0.2) is 0 Å². The van der Waals surface area contributed by atoms with Crippen molar-refractivity contribution < 1.29 is 4.79 Å². The van der Waals surface area contributed by atoms with Gasteiger partial charge in [0.2, 0.25) is 5.91 Å². The first kappa shape index (κ1) is 16.7. The predicted octanol–water partition coefficient (Wildman–Crippen LogP) is 2.55. The molecule has 0 unspecified atom stereocenters. The molecule has 3 N–H and O–H groups in total. The van der Waals surface area contributed by atoms with E-state index in [1.807, 2.05) is 24.3 Å². The van der Waals surface area contributed by atoms with Gasteiger partial charge >= 0.3 is 0 Å². The van der Waals surface area contributed by atoms with E-state index in [1.54, 1.807) is 0 Å². The zero-order chi connectivity index (χ0) is 16.2. The second kappa shape index (κ2) is 7.65. The number of nitrogens with two attached hydrogens (primary N) is 1. The first-order chi connectivity index (χ1) is 11.2. The molecule has 1 saturated carbocycles. The quantitative estimate of drug-likeness (QED) is 0.805. The maximum absolute atomic E-state index is 12.3. The highest BCUT2D eigenvalue weighted by molar-refractivity contribution is 6.30. The third kappa shape index (κ3) is 4.69. The third-order valence-electron chi connectivity index (χ3n) is 5.01. The SMILES string of the molecule is NC[C@H]1CC[C@@H](CC(=O)NCc2cccc(Cl)c2)N1CC1CC1. The Labute approximate surface area is 143 Å². The number of hydrogen-bond acceptors (Lipinski definition) is 3. The minimum atomic E-state index is 0.119. The van der Waals surface area contributed by atoms with Gasteiger partial charge in [-0.15, -0.1) is 0 Å². The Bertz CT molecular complexity index is 547. The smallest absolute Gasteiger partial charge is 0.221 e. The number of halogens is 1. The summed E-state index contributed by atoms with van der Waals surface area (Å²) in [6.07, 6.45) is 5.45. The zero-order valence-electron chi connectivity index (χ0n) is 13.5. The summed E-state index contributed by atoms with van der Waals surface area (Å²) in [6.45, 7) is 2.36. The molecule has 2 atom stereocenters. The Hall–Kier alpha value is -1.10. The van der Waals surface area contributed by atoms with Crippen molar-refractivity contribution in [2.45, 2.75) is 50.7 Å². The summed E-state index contributed by atoms with van der Waals surface area (Å²) in [7, 11) is 0. The molecule has 0 radical (unpaired) electrons. The third-order valence-corrected chi connectivity index (χ3v) is 5.24. The number of likely N-dealkylation sites (tertiary alicyclic amines) is 1. The Morgan fingerprint density at radius 1 is 1.26 bits per heavy atom. The molecule has 1 amide bonds. The fourth-order valence-corrected chi connectivity index (χ4v) is 3.73. The van der Waals surface area contributed by atoms with Crippen LogP contribution in [0.5, 0.6) is 0 Å². The number of hydrogen-bond donors (Lipinski definition) is 2. The molecule has 3 rings (SSSR count). The van der Waals surface area contributed by atoms with E-state index in [0.717, 1.165) is 30.9 Å².